The molecular formula is C13H21N3O3. The molecule has 0 N–H and O–H groups in total. The average Bonchev–Trinajstić information content (AvgIpc) is 2.60. The smallest absolute Gasteiger partial charge is 0.325 e. The molecule has 1 aromatic heterocycles. The van der Waals surface area contributed by atoms with Gasteiger partial charge in [-0.15, -0.1) is 0 Å². The van der Waals surface area contributed by atoms with E-state index >= 15 is 0 Å². The normalized spacial score (nSPS) is 10.4. The summed E-state index contributed by atoms with van der Waals surface area (Å²) in [4.78, 5) is 24.4. The van der Waals surface area contributed by atoms with E-state index in [0.29, 0.717) is 12.8 Å². The van der Waals surface area contributed by atoms with E-state index in [-0.39, 0.29) is 12.5 Å². The molecule has 0 spiro atoms. The van der Waals surface area contributed by atoms with Gasteiger partial charge >= 0.3 is 5.97 Å². The summed E-state index contributed by atoms with van der Waals surface area (Å²) < 4.78 is 6.34. The molecule has 6 nitrogen and oxygen atoms in total. The van der Waals surface area contributed by atoms with Crippen LogP contribution in [0.25, 0.3) is 0 Å². The van der Waals surface area contributed by atoms with Gasteiger partial charge in [-0.1, -0.05) is 0 Å². The molecule has 0 aliphatic carbocycles. The lowest BCUT2D eigenvalue weighted by atomic mass is 10.1. The lowest BCUT2D eigenvalue weighted by Gasteiger charge is -2.15. The van der Waals surface area contributed by atoms with Gasteiger partial charge in [0.05, 0.1) is 12.8 Å². The molecule has 19 heavy (non-hydrogen) atoms. The fourth-order valence-corrected chi connectivity index (χ4v) is 1.95. The predicted octanol–water partition coefficient (Wildman–Crippen LogP) is 0.601. The number of amides is 1. The topological polar surface area (TPSA) is 64.4 Å². The van der Waals surface area contributed by atoms with E-state index in [1.807, 2.05) is 25.6 Å². The van der Waals surface area contributed by atoms with Crippen LogP contribution >= 0.6 is 0 Å². The van der Waals surface area contributed by atoms with Crippen molar-refractivity contribution >= 4 is 11.9 Å². The Bertz CT molecular complexity index is 480. The standard InChI is InChI=1S/C13H21N3O3/c1-9-11(10(2)16(4)14-9)6-7-12(17)15(3)8-13(18)19-5/h6-8H2,1-5H3. The van der Waals surface area contributed by atoms with Crippen LogP contribution in [0.2, 0.25) is 0 Å². The van der Waals surface area contributed by atoms with Crippen LogP contribution < -0.4 is 0 Å². The van der Waals surface area contributed by atoms with Crippen molar-refractivity contribution in [2.45, 2.75) is 26.7 Å². The van der Waals surface area contributed by atoms with E-state index < -0.39 is 5.97 Å². The molecule has 0 saturated heterocycles. The lowest BCUT2D eigenvalue weighted by molar-refractivity contribution is -0.146. The first-order chi connectivity index (χ1) is 8.86. The van der Waals surface area contributed by atoms with Gasteiger partial charge in [0, 0.05) is 26.2 Å². The zero-order valence-electron chi connectivity index (χ0n) is 12.2. The number of hydrogen-bond acceptors (Lipinski definition) is 4. The zero-order valence-corrected chi connectivity index (χ0v) is 12.2. The molecule has 1 heterocycles. The predicted molar refractivity (Wildman–Crippen MR) is 70.7 cm³/mol. The van der Waals surface area contributed by atoms with Gasteiger partial charge in [-0.25, -0.2) is 0 Å². The highest BCUT2D eigenvalue weighted by molar-refractivity contribution is 5.81. The first-order valence-corrected chi connectivity index (χ1v) is 6.16. The second-order valence-electron chi connectivity index (χ2n) is 4.60. The van der Waals surface area contributed by atoms with Crippen LogP contribution in [-0.4, -0.2) is 47.3 Å². The highest BCUT2D eigenvalue weighted by atomic mass is 16.5. The van der Waals surface area contributed by atoms with Crippen molar-refractivity contribution < 1.29 is 14.3 Å². The molecule has 0 aromatic carbocycles. The molecule has 1 rings (SSSR count). The molecule has 0 atom stereocenters. The highest BCUT2D eigenvalue weighted by Crippen LogP contribution is 2.14. The Morgan fingerprint density at radius 3 is 2.47 bits per heavy atom. The Balaban J connectivity index is 2.57. The van der Waals surface area contributed by atoms with Crippen LogP contribution in [0.1, 0.15) is 23.4 Å². The number of carbonyl (C=O) groups is 2. The maximum Gasteiger partial charge on any atom is 0.325 e. The minimum absolute atomic E-state index is 0.0136. The molecule has 106 valence electrons. The number of methoxy groups -OCH3 is 1. The minimum atomic E-state index is -0.412. The molecule has 0 fully saturated rings. The summed E-state index contributed by atoms with van der Waals surface area (Å²) in [6.45, 7) is 3.91. The molecule has 0 unspecified atom stereocenters. The fourth-order valence-electron chi connectivity index (χ4n) is 1.95. The van der Waals surface area contributed by atoms with Gasteiger partial charge in [0.25, 0.3) is 0 Å². The van der Waals surface area contributed by atoms with Gasteiger partial charge in [-0.3, -0.25) is 14.3 Å². The molecule has 0 bridgehead atoms. The maximum atomic E-state index is 11.9. The van der Waals surface area contributed by atoms with Gasteiger partial charge in [-0.05, 0) is 25.8 Å². The summed E-state index contributed by atoms with van der Waals surface area (Å²) in [5.41, 5.74) is 3.12. The third-order valence-electron chi connectivity index (χ3n) is 3.27. The maximum absolute atomic E-state index is 11.9. The van der Waals surface area contributed by atoms with Gasteiger partial charge in [0.2, 0.25) is 5.91 Å². The Labute approximate surface area is 113 Å². The third-order valence-corrected chi connectivity index (χ3v) is 3.27. The summed E-state index contributed by atoms with van der Waals surface area (Å²) in [5, 5.41) is 4.31. The summed E-state index contributed by atoms with van der Waals surface area (Å²) in [5.74, 6) is -0.488. The van der Waals surface area contributed by atoms with Crippen molar-refractivity contribution in [1.82, 2.24) is 14.7 Å². The SMILES string of the molecule is COC(=O)CN(C)C(=O)CCc1c(C)nn(C)c1C. The molecule has 0 aliphatic heterocycles. The van der Waals surface area contributed by atoms with Crippen LogP contribution in [0.4, 0.5) is 0 Å². The number of carbonyl (C=O) groups excluding carboxylic acids is 2. The van der Waals surface area contributed by atoms with E-state index in [2.05, 4.69) is 9.84 Å². The number of rotatable bonds is 5. The number of nitrogens with zero attached hydrogens (tertiary/aromatic N) is 3. The van der Waals surface area contributed by atoms with Crippen LogP contribution in [0.3, 0.4) is 0 Å². The van der Waals surface area contributed by atoms with Crippen LogP contribution in [0, 0.1) is 13.8 Å². The van der Waals surface area contributed by atoms with Crippen LogP contribution in [0.5, 0.6) is 0 Å². The number of esters is 1. The van der Waals surface area contributed by atoms with E-state index in [1.165, 1.54) is 12.0 Å². The first-order valence-electron chi connectivity index (χ1n) is 6.16. The molecule has 0 radical (unpaired) electrons. The molecule has 1 amide bonds. The number of ether oxygens (including phenoxy) is 1. The Hall–Kier alpha value is -1.85. The summed E-state index contributed by atoms with van der Waals surface area (Å²) in [6, 6.07) is 0. The largest absolute Gasteiger partial charge is 0.468 e. The Morgan fingerprint density at radius 2 is 2.00 bits per heavy atom. The molecule has 0 saturated carbocycles. The van der Waals surface area contributed by atoms with E-state index in [4.69, 9.17) is 0 Å². The van der Waals surface area contributed by atoms with Crippen molar-refractivity contribution in [3.05, 3.63) is 17.0 Å². The summed E-state index contributed by atoms with van der Waals surface area (Å²) in [7, 11) is 4.79. The number of aryl methyl sites for hydroxylation is 2. The van der Waals surface area contributed by atoms with Crippen LogP contribution in [-0.2, 0) is 27.8 Å². The van der Waals surface area contributed by atoms with Crippen molar-refractivity contribution in [2.24, 2.45) is 7.05 Å². The second-order valence-corrected chi connectivity index (χ2v) is 4.60. The first kappa shape index (κ1) is 15.2. The second kappa shape index (κ2) is 6.36. The molecule has 0 aliphatic rings. The van der Waals surface area contributed by atoms with Gasteiger partial charge in [-0.2, -0.15) is 5.10 Å². The lowest BCUT2D eigenvalue weighted by Crippen LogP contribution is -2.32. The van der Waals surface area contributed by atoms with Gasteiger partial charge in [0.15, 0.2) is 0 Å². The van der Waals surface area contributed by atoms with E-state index in [1.54, 1.807) is 7.05 Å². The molecular weight excluding hydrogens is 246 g/mol. The summed E-state index contributed by atoms with van der Waals surface area (Å²) >= 11 is 0. The monoisotopic (exact) mass is 267 g/mol. The molecule has 1 aromatic rings. The van der Waals surface area contributed by atoms with Crippen molar-refractivity contribution in [1.29, 1.82) is 0 Å². The highest BCUT2D eigenvalue weighted by Gasteiger charge is 2.15. The quantitative estimate of drug-likeness (QED) is 0.733. The van der Waals surface area contributed by atoms with Gasteiger partial charge < -0.3 is 9.64 Å². The zero-order chi connectivity index (χ0) is 14.6. The third kappa shape index (κ3) is 3.81. The average molecular weight is 267 g/mol. The Morgan fingerprint density at radius 1 is 1.37 bits per heavy atom. The Kier molecular flexibility index (Phi) is 5.09. The minimum Gasteiger partial charge on any atom is -0.468 e. The van der Waals surface area contributed by atoms with Crippen LogP contribution in [0.15, 0.2) is 0 Å². The van der Waals surface area contributed by atoms with Crippen molar-refractivity contribution in [3.63, 3.8) is 0 Å². The van der Waals surface area contributed by atoms with Gasteiger partial charge in [0.1, 0.15) is 6.54 Å². The molecule has 6 heteroatoms. The number of hydrogen-bond donors (Lipinski definition) is 0. The van der Waals surface area contributed by atoms with Crippen molar-refractivity contribution in [2.75, 3.05) is 20.7 Å². The number of aromatic nitrogens is 2. The fraction of sp³-hybridized carbons (Fsp3) is 0.615. The van der Waals surface area contributed by atoms with Crippen molar-refractivity contribution in [3.8, 4) is 0 Å². The summed E-state index contributed by atoms with van der Waals surface area (Å²) in [6.07, 6.45) is 0.997. The van der Waals surface area contributed by atoms with E-state index in [0.717, 1.165) is 17.0 Å². The number of likely N-dealkylation sites (N-methyl/N-ethyl adjacent to an activating group) is 1. The van der Waals surface area contributed by atoms with E-state index in [9.17, 15) is 9.59 Å².